The number of fused-ring (bicyclic) bond motifs is 1. The van der Waals surface area contributed by atoms with Crippen LogP contribution in [0.2, 0.25) is 0 Å². The lowest BCUT2D eigenvalue weighted by Gasteiger charge is -2.17. The standard InChI is InChI=1S/C8H13N3/c1-6-3-9-4-7-5-11(2)10-8(6)7/h5-6,9H,3-4H2,1-2H3/t6-/m0/s1. The highest BCUT2D eigenvalue weighted by Gasteiger charge is 2.18. The quantitative estimate of drug-likeness (QED) is 0.589. The van der Waals surface area contributed by atoms with Crippen molar-refractivity contribution in [2.24, 2.45) is 7.05 Å². The molecule has 1 aliphatic heterocycles. The van der Waals surface area contributed by atoms with Crippen LogP contribution in [-0.2, 0) is 13.6 Å². The zero-order chi connectivity index (χ0) is 7.84. The van der Waals surface area contributed by atoms with Crippen LogP contribution in [-0.4, -0.2) is 16.3 Å². The molecule has 0 radical (unpaired) electrons. The van der Waals surface area contributed by atoms with Crippen molar-refractivity contribution in [1.82, 2.24) is 15.1 Å². The molecule has 3 nitrogen and oxygen atoms in total. The maximum atomic E-state index is 4.41. The van der Waals surface area contributed by atoms with Gasteiger partial charge < -0.3 is 5.32 Å². The van der Waals surface area contributed by atoms with Gasteiger partial charge in [0.1, 0.15) is 0 Å². The summed E-state index contributed by atoms with van der Waals surface area (Å²) in [5, 5.41) is 7.76. The summed E-state index contributed by atoms with van der Waals surface area (Å²) >= 11 is 0. The molecule has 0 amide bonds. The lowest BCUT2D eigenvalue weighted by Crippen LogP contribution is -2.25. The van der Waals surface area contributed by atoms with E-state index >= 15 is 0 Å². The first kappa shape index (κ1) is 6.85. The lowest BCUT2D eigenvalue weighted by atomic mass is 10.0. The van der Waals surface area contributed by atoms with Gasteiger partial charge in [-0.1, -0.05) is 6.92 Å². The molecule has 0 aliphatic carbocycles. The Morgan fingerprint density at radius 2 is 2.55 bits per heavy atom. The van der Waals surface area contributed by atoms with Crippen molar-refractivity contribution in [3.05, 3.63) is 17.5 Å². The molecule has 0 bridgehead atoms. The van der Waals surface area contributed by atoms with E-state index in [-0.39, 0.29) is 0 Å². The van der Waals surface area contributed by atoms with Gasteiger partial charge in [-0.2, -0.15) is 5.10 Å². The van der Waals surface area contributed by atoms with E-state index in [9.17, 15) is 0 Å². The van der Waals surface area contributed by atoms with E-state index < -0.39 is 0 Å². The highest BCUT2D eigenvalue weighted by Crippen LogP contribution is 2.20. The van der Waals surface area contributed by atoms with Crippen molar-refractivity contribution in [2.75, 3.05) is 6.54 Å². The highest BCUT2D eigenvalue weighted by atomic mass is 15.3. The van der Waals surface area contributed by atoms with Crippen molar-refractivity contribution >= 4 is 0 Å². The predicted octanol–water partition coefficient (Wildman–Crippen LogP) is 0.627. The summed E-state index contributed by atoms with van der Waals surface area (Å²) in [5.41, 5.74) is 2.62. The van der Waals surface area contributed by atoms with E-state index in [2.05, 4.69) is 23.5 Å². The Hall–Kier alpha value is -0.830. The minimum atomic E-state index is 0.569. The second kappa shape index (κ2) is 2.34. The molecule has 2 heterocycles. The van der Waals surface area contributed by atoms with Gasteiger partial charge >= 0.3 is 0 Å². The van der Waals surface area contributed by atoms with Gasteiger partial charge in [0.15, 0.2) is 0 Å². The van der Waals surface area contributed by atoms with Crippen LogP contribution in [0.3, 0.4) is 0 Å². The molecule has 0 aromatic carbocycles. The molecule has 2 rings (SSSR count). The molecule has 1 atom stereocenters. The van der Waals surface area contributed by atoms with Crippen LogP contribution in [0.25, 0.3) is 0 Å². The molecular formula is C8H13N3. The topological polar surface area (TPSA) is 29.9 Å². The van der Waals surface area contributed by atoms with Gasteiger partial charge in [-0.3, -0.25) is 4.68 Å². The third-order valence-corrected chi connectivity index (χ3v) is 2.17. The van der Waals surface area contributed by atoms with Crippen molar-refractivity contribution < 1.29 is 0 Å². The number of rotatable bonds is 0. The number of hydrogen-bond donors (Lipinski definition) is 1. The fourth-order valence-corrected chi connectivity index (χ4v) is 1.63. The van der Waals surface area contributed by atoms with Crippen molar-refractivity contribution in [3.8, 4) is 0 Å². The SMILES string of the molecule is C[C@H]1CNCc2cn(C)nc21. The Labute approximate surface area is 66.4 Å². The summed E-state index contributed by atoms with van der Waals surface area (Å²) in [6.45, 7) is 4.25. The van der Waals surface area contributed by atoms with Gasteiger partial charge in [0.05, 0.1) is 5.69 Å². The molecule has 0 spiro atoms. The van der Waals surface area contributed by atoms with Gasteiger partial charge in [0, 0.05) is 37.8 Å². The fraction of sp³-hybridized carbons (Fsp3) is 0.625. The predicted molar refractivity (Wildman–Crippen MR) is 43.3 cm³/mol. The van der Waals surface area contributed by atoms with Crippen LogP contribution in [0.1, 0.15) is 24.1 Å². The average molecular weight is 151 g/mol. The molecule has 3 heteroatoms. The number of aryl methyl sites for hydroxylation is 1. The second-order valence-electron chi connectivity index (χ2n) is 3.25. The molecule has 1 N–H and O–H groups in total. The van der Waals surface area contributed by atoms with Crippen LogP contribution < -0.4 is 5.32 Å². The summed E-state index contributed by atoms with van der Waals surface area (Å²) in [6, 6.07) is 0. The van der Waals surface area contributed by atoms with Gasteiger partial charge in [0.25, 0.3) is 0 Å². The van der Waals surface area contributed by atoms with Gasteiger partial charge in [0.2, 0.25) is 0 Å². The summed E-state index contributed by atoms with van der Waals surface area (Å²) in [7, 11) is 1.98. The molecule has 0 saturated carbocycles. The minimum absolute atomic E-state index is 0.569. The highest BCUT2D eigenvalue weighted by molar-refractivity contribution is 5.23. The molecular weight excluding hydrogens is 138 g/mol. The molecule has 0 saturated heterocycles. The molecule has 11 heavy (non-hydrogen) atoms. The van der Waals surface area contributed by atoms with E-state index in [1.165, 1.54) is 11.3 Å². The number of hydrogen-bond acceptors (Lipinski definition) is 2. The normalized spacial score (nSPS) is 23.3. The molecule has 60 valence electrons. The first-order valence-corrected chi connectivity index (χ1v) is 4.00. The van der Waals surface area contributed by atoms with Gasteiger partial charge in [-0.25, -0.2) is 0 Å². The van der Waals surface area contributed by atoms with Crippen molar-refractivity contribution in [2.45, 2.75) is 19.4 Å². The summed E-state index contributed by atoms with van der Waals surface area (Å²) in [6.07, 6.45) is 2.10. The maximum Gasteiger partial charge on any atom is 0.0710 e. The number of aromatic nitrogens is 2. The number of nitrogens with one attached hydrogen (secondary N) is 1. The zero-order valence-corrected chi connectivity index (χ0v) is 6.96. The zero-order valence-electron chi connectivity index (χ0n) is 6.96. The summed E-state index contributed by atoms with van der Waals surface area (Å²) in [5.74, 6) is 0.569. The second-order valence-corrected chi connectivity index (χ2v) is 3.25. The first-order chi connectivity index (χ1) is 5.27. The molecule has 1 aromatic rings. The number of nitrogens with zero attached hydrogens (tertiary/aromatic N) is 2. The average Bonchev–Trinajstić information content (AvgIpc) is 2.31. The maximum absolute atomic E-state index is 4.41. The Balaban J connectivity index is 2.43. The van der Waals surface area contributed by atoms with E-state index in [1.807, 2.05) is 11.7 Å². The van der Waals surface area contributed by atoms with E-state index in [0.29, 0.717) is 5.92 Å². The van der Waals surface area contributed by atoms with Crippen molar-refractivity contribution in [3.63, 3.8) is 0 Å². The molecule has 1 aromatic heterocycles. The molecule has 0 unspecified atom stereocenters. The van der Waals surface area contributed by atoms with E-state index in [4.69, 9.17) is 0 Å². The third-order valence-electron chi connectivity index (χ3n) is 2.17. The smallest absolute Gasteiger partial charge is 0.0710 e. The van der Waals surface area contributed by atoms with Gasteiger partial charge in [-0.05, 0) is 0 Å². The minimum Gasteiger partial charge on any atom is -0.312 e. The molecule has 0 fully saturated rings. The monoisotopic (exact) mass is 151 g/mol. The summed E-state index contributed by atoms with van der Waals surface area (Å²) in [4.78, 5) is 0. The lowest BCUT2D eigenvalue weighted by molar-refractivity contribution is 0.558. The Morgan fingerprint density at radius 1 is 1.73 bits per heavy atom. The Kier molecular flexibility index (Phi) is 1.46. The van der Waals surface area contributed by atoms with Crippen LogP contribution in [0, 0.1) is 0 Å². The van der Waals surface area contributed by atoms with Crippen molar-refractivity contribution in [1.29, 1.82) is 0 Å². The van der Waals surface area contributed by atoms with Crippen LogP contribution >= 0.6 is 0 Å². The van der Waals surface area contributed by atoms with E-state index in [1.54, 1.807) is 0 Å². The van der Waals surface area contributed by atoms with E-state index in [0.717, 1.165) is 13.1 Å². The Bertz CT molecular complexity index is 264. The van der Waals surface area contributed by atoms with Crippen LogP contribution in [0.4, 0.5) is 0 Å². The van der Waals surface area contributed by atoms with Crippen LogP contribution in [0.15, 0.2) is 6.20 Å². The van der Waals surface area contributed by atoms with Gasteiger partial charge in [-0.15, -0.1) is 0 Å². The first-order valence-electron chi connectivity index (χ1n) is 4.00. The van der Waals surface area contributed by atoms with Crippen LogP contribution in [0.5, 0.6) is 0 Å². The largest absolute Gasteiger partial charge is 0.312 e. The summed E-state index contributed by atoms with van der Waals surface area (Å²) < 4.78 is 1.90. The Morgan fingerprint density at radius 3 is 3.27 bits per heavy atom. The third kappa shape index (κ3) is 1.05. The molecule has 1 aliphatic rings. The fourth-order valence-electron chi connectivity index (χ4n) is 1.63.